The minimum absolute atomic E-state index is 0.113. The molecule has 4 heteroatoms. The van der Waals surface area contributed by atoms with Crippen LogP contribution >= 0.6 is 11.6 Å². The zero-order chi connectivity index (χ0) is 7.33. The van der Waals surface area contributed by atoms with Gasteiger partial charge in [0.2, 0.25) is 0 Å². The molecule has 0 saturated carbocycles. The van der Waals surface area contributed by atoms with Gasteiger partial charge in [-0.15, -0.1) is 11.6 Å². The summed E-state index contributed by atoms with van der Waals surface area (Å²) in [6, 6.07) is 0. The van der Waals surface area contributed by atoms with Gasteiger partial charge in [-0.3, -0.25) is 0 Å². The highest BCUT2D eigenvalue weighted by molar-refractivity contribution is 7.91. The Labute approximate surface area is 61.1 Å². The van der Waals surface area contributed by atoms with Crippen molar-refractivity contribution in [1.82, 2.24) is 0 Å². The maximum Gasteiger partial charge on any atom is 0.151 e. The smallest absolute Gasteiger partial charge is 0.151 e. The van der Waals surface area contributed by atoms with E-state index in [2.05, 4.69) is 0 Å². The average molecular weight is 171 g/mol. The van der Waals surface area contributed by atoms with E-state index in [1.54, 1.807) is 0 Å². The number of hydrogen-bond acceptors (Lipinski definition) is 2. The molecule has 0 aliphatic rings. The van der Waals surface area contributed by atoms with Gasteiger partial charge >= 0.3 is 0 Å². The van der Waals surface area contributed by atoms with Crippen LogP contribution in [0.4, 0.5) is 0 Å². The highest BCUT2D eigenvalue weighted by Crippen LogP contribution is 1.93. The largest absolute Gasteiger partial charge is 0.229 e. The number of sulfone groups is 1. The maximum atomic E-state index is 10.7. The Morgan fingerprint density at radius 2 is 1.89 bits per heavy atom. The van der Waals surface area contributed by atoms with Crippen LogP contribution in [0.2, 0.25) is 0 Å². The molecule has 0 radical (unpaired) electrons. The second kappa shape index (κ2) is 4.12. The van der Waals surface area contributed by atoms with Gasteiger partial charge in [-0.25, -0.2) is 8.42 Å². The molecule has 0 heterocycles. The molecule has 2 nitrogen and oxygen atoms in total. The third-order valence-electron chi connectivity index (χ3n) is 0.903. The molecule has 0 aliphatic heterocycles. The Morgan fingerprint density at radius 1 is 1.33 bits per heavy atom. The first kappa shape index (κ1) is 9.24. The van der Waals surface area contributed by atoms with Gasteiger partial charge in [0.15, 0.2) is 9.84 Å². The van der Waals surface area contributed by atoms with Crippen LogP contribution in [0.5, 0.6) is 0 Å². The Hall–Kier alpha value is 0.240. The lowest BCUT2D eigenvalue weighted by Crippen LogP contribution is -2.10. The number of halogens is 1. The molecule has 0 bridgehead atoms. The lowest BCUT2D eigenvalue weighted by atomic mass is 10.6. The van der Waals surface area contributed by atoms with Crippen LogP contribution < -0.4 is 0 Å². The first-order chi connectivity index (χ1) is 4.12. The molecule has 0 unspecified atom stereocenters. The van der Waals surface area contributed by atoms with Crippen LogP contribution in [-0.4, -0.2) is 25.8 Å². The van der Waals surface area contributed by atoms with E-state index in [-0.39, 0.29) is 17.4 Å². The van der Waals surface area contributed by atoms with E-state index in [0.717, 1.165) is 0 Å². The number of rotatable bonds is 4. The molecule has 56 valence electrons. The predicted octanol–water partition coefficient (Wildman–Crippen LogP) is 1.05. The summed E-state index contributed by atoms with van der Waals surface area (Å²) >= 11 is 5.24. The van der Waals surface area contributed by atoms with Crippen molar-refractivity contribution in [2.45, 2.75) is 13.3 Å². The fraction of sp³-hybridized carbons (Fsp3) is 1.00. The summed E-state index contributed by atoms with van der Waals surface area (Å²) in [4.78, 5) is 0. The van der Waals surface area contributed by atoms with E-state index in [9.17, 15) is 8.42 Å². The first-order valence-corrected chi connectivity index (χ1v) is 5.24. The normalized spacial score (nSPS) is 11.8. The number of alkyl halides is 1. The zero-order valence-electron chi connectivity index (χ0n) is 5.43. The second-order valence-electron chi connectivity index (χ2n) is 1.84. The van der Waals surface area contributed by atoms with Gasteiger partial charge in [0.05, 0.1) is 5.75 Å². The Bertz CT molecular complexity index is 138. The average Bonchev–Trinajstić information content (AvgIpc) is 1.64. The summed E-state index contributed by atoms with van der Waals surface area (Å²) in [5.74, 6) is 0.588. The molecule has 0 rings (SSSR count). The third-order valence-corrected chi connectivity index (χ3v) is 3.17. The zero-order valence-corrected chi connectivity index (χ0v) is 7.00. The standard InChI is InChI=1S/C5H11ClO2S/c1-2-4-9(7,8)5-3-6/h2-5H2,1H3. The molecule has 0 aliphatic carbocycles. The Balaban J connectivity index is 3.73. The SMILES string of the molecule is CCCS(=O)(=O)CCCl. The van der Waals surface area contributed by atoms with E-state index < -0.39 is 9.84 Å². The van der Waals surface area contributed by atoms with Crippen molar-refractivity contribution in [2.24, 2.45) is 0 Å². The lowest BCUT2D eigenvalue weighted by molar-refractivity contribution is 0.596. The summed E-state index contributed by atoms with van der Waals surface area (Å²) in [6.07, 6.45) is 0.680. The van der Waals surface area contributed by atoms with Crippen molar-refractivity contribution in [3.8, 4) is 0 Å². The van der Waals surface area contributed by atoms with Gasteiger partial charge in [0.25, 0.3) is 0 Å². The highest BCUT2D eigenvalue weighted by atomic mass is 35.5. The lowest BCUT2D eigenvalue weighted by Gasteiger charge is -1.96. The van der Waals surface area contributed by atoms with Gasteiger partial charge in [-0.05, 0) is 6.42 Å². The monoisotopic (exact) mass is 170 g/mol. The summed E-state index contributed by atoms with van der Waals surface area (Å²) in [5.41, 5.74) is 0. The fourth-order valence-electron chi connectivity index (χ4n) is 0.531. The van der Waals surface area contributed by atoms with Crippen molar-refractivity contribution in [1.29, 1.82) is 0 Å². The van der Waals surface area contributed by atoms with Crippen LogP contribution in [0.3, 0.4) is 0 Å². The van der Waals surface area contributed by atoms with Crippen molar-refractivity contribution in [2.75, 3.05) is 17.4 Å². The Kier molecular flexibility index (Phi) is 4.23. The van der Waals surface area contributed by atoms with E-state index in [0.29, 0.717) is 6.42 Å². The molecule has 0 fully saturated rings. The van der Waals surface area contributed by atoms with E-state index in [1.165, 1.54) is 0 Å². The molecule has 0 atom stereocenters. The van der Waals surface area contributed by atoms with Gasteiger partial charge in [-0.1, -0.05) is 6.92 Å². The molecule has 0 spiro atoms. The van der Waals surface area contributed by atoms with Crippen molar-refractivity contribution >= 4 is 21.4 Å². The predicted molar refractivity (Wildman–Crippen MR) is 39.7 cm³/mol. The quantitative estimate of drug-likeness (QED) is 0.592. The molecule has 0 N–H and O–H groups in total. The molecule has 0 saturated heterocycles. The molecular formula is C5H11ClO2S. The van der Waals surface area contributed by atoms with Gasteiger partial charge in [0.1, 0.15) is 0 Å². The maximum absolute atomic E-state index is 10.7. The third kappa shape index (κ3) is 4.73. The number of hydrogen-bond donors (Lipinski definition) is 0. The summed E-state index contributed by atoms with van der Waals surface area (Å²) < 4.78 is 21.5. The van der Waals surface area contributed by atoms with Gasteiger partial charge < -0.3 is 0 Å². The molecule has 0 aromatic carbocycles. The van der Waals surface area contributed by atoms with Crippen molar-refractivity contribution in [3.05, 3.63) is 0 Å². The first-order valence-electron chi connectivity index (χ1n) is 2.89. The molecule has 9 heavy (non-hydrogen) atoms. The molecule has 0 aromatic rings. The molecular weight excluding hydrogens is 160 g/mol. The Morgan fingerprint density at radius 3 is 2.22 bits per heavy atom. The minimum Gasteiger partial charge on any atom is -0.229 e. The van der Waals surface area contributed by atoms with E-state index in [1.807, 2.05) is 6.92 Å². The van der Waals surface area contributed by atoms with Crippen LogP contribution in [0.15, 0.2) is 0 Å². The molecule has 0 amide bonds. The summed E-state index contributed by atoms with van der Waals surface area (Å²) in [6.45, 7) is 1.84. The minimum atomic E-state index is -2.81. The molecule has 0 aromatic heterocycles. The summed E-state index contributed by atoms with van der Waals surface area (Å²) in [7, 11) is -2.81. The van der Waals surface area contributed by atoms with Gasteiger partial charge in [-0.2, -0.15) is 0 Å². The van der Waals surface area contributed by atoms with Crippen LogP contribution in [0, 0.1) is 0 Å². The van der Waals surface area contributed by atoms with E-state index in [4.69, 9.17) is 11.6 Å². The van der Waals surface area contributed by atoms with Crippen LogP contribution in [-0.2, 0) is 9.84 Å². The highest BCUT2D eigenvalue weighted by Gasteiger charge is 2.06. The van der Waals surface area contributed by atoms with Crippen molar-refractivity contribution in [3.63, 3.8) is 0 Å². The fourth-order valence-corrected chi connectivity index (χ4v) is 2.30. The van der Waals surface area contributed by atoms with E-state index >= 15 is 0 Å². The van der Waals surface area contributed by atoms with Crippen LogP contribution in [0.25, 0.3) is 0 Å². The topological polar surface area (TPSA) is 34.1 Å². The summed E-state index contributed by atoms with van der Waals surface area (Å²) in [5, 5.41) is 0. The second-order valence-corrected chi connectivity index (χ2v) is 4.52. The van der Waals surface area contributed by atoms with Crippen molar-refractivity contribution < 1.29 is 8.42 Å². The van der Waals surface area contributed by atoms with Crippen LogP contribution in [0.1, 0.15) is 13.3 Å². The van der Waals surface area contributed by atoms with Gasteiger partial charge in [0, 0.05) is 11.6 Å².